The Balaban J connectivity index is 1.10. The highest BCUT2D eigenvalue weighted by Crippen LogP contribution is 2.44. The standard InChI is InChI=1S/C29H41NO4S4/c1-28(2,17-21-22(31)15-23-19(26(21)33)5-9-37-23)7-11-35-13-14-36-12-8-29(3,4)18-30-25(32)16-24-20(27(30)34)6-10-38-24/h15-16,19-21H,5-14,17-18H2,1-4H3. The number of imide groups is 1. The Kier molecular flexibility index (Phi) is 10.3. The summed E-state index contributed by atoms with van der Waals surface area (Å²) in [6, 6.07) is 0. The van der Waals surface area contributed by atoms with Gasteiger partial charge in [-0.3, -0.25) is 24.1 Å². The maximum absolute atomic E-state index is 12.9. The van der Waals surface area contributed by atoms with E-state index in [-0.39, 0.29) is 46.0 Å². The van der Waals surface area contributed by atoms with Gasteiger partial charge in [0.05, 0.1) is 17.8 Å². The lowest BCUT2D eigenvalue weighted by atomic mass is 9.73. The Morgan fingerprint density at radius 3 is 2.05 bits per heavy atom. The summed E-state index contributed by atoms with van der Waals surface area (Å²) in [6.45, 7) is 9.17. The fourth-order valence-corrected chi connectivity index (χ4v) is 10.7. The van der Waals surface area contributed by atoms with E-state index >= 15 is 0 Å². The summed E-state index contributed by atoms with van der Waals surface area (Å²) in [5, 5.41) is 0. The Morgan fingerprint density at radius 1 is 0.816 bits per heavy atom. The van der Waals surface area contributed by atoms with E-state index in [0.29, 0.717) is 13.0 Å². The molecule has 0 saturated carbocycles. The van der Waals surface area contributed by atoms with Gasteiger partial charge in [-0.05, 0) is 76.9 Å². The van der Waals surface area contributed by atoms with E-state index in [2.05, 4.69) is 27.7 Å². The van der Waals surface area contributed by atoms with Crippen LogP contribution in [0, 0.1) is 28.6 Å². The Bertz CT molecular complexity index is 938. The van der Waals surface area contributed by atoms with Crippen molar-refractivity contribution in [3.05, 3.63) is 22.0 Å². The fourth-order valence-electron chi connectivity index (χ4n) is 5.54. The quantitative estimate of drug-likeness (QED) is 0.144. The smallest absolute Gasteiger partial charge is 0.254 e. The molecule has 3 unspecified atom stereocenters. The highest BCUT2D eigenvalue weighted by molar-refractivity contribution is 8.03. The van der Waals surface area contributed by atoms with Gasteiger partial charge in [-0.25, -0.2) is 0 Å². The van der Waals surface area contributed by atoms with Crippen LogP contribution < -0.4 is 0 Å². The predicted octanol–water partition coefficient (Wildman–Crippen LogP) is 6.09. The van der Waals surface area contributed by atoms with Gasteiger partial charge in [-0.1, -0.05) is 27.7 Å². The Hall–Kier alpha value is -0.640. The molecule has 0 aromatic rings. The molecular formula is C29H41NO4S4. The first-order chi connectivity index (χ1) is 18.0. The molecule has 3 heterocycles. The lowest BCUT2D eigenvalue weighted by Crippen LogP contribution is -2.47. The number of hydrogen-bond donors (Lipinski definition) is 0. The van der Waals surface area contributed by atoms with Crippen molar-refractivity contribution in [2.24, 2.45) is 28.6 Å². The topological polar surface area (TPSA) is 71.5 Å². The van der Waals surface area contributed by atoms with Crippen LogP contribution in [0.1, 0.15) is 59.8 Å². The maximum Gasteiger partial charge on any atom is 0.254 e. The number of Topliss-reactive ketones (excluding diaryl/α,β-unsaturated/α-hetero) is 1. The Labute approximate surface area is 244 Å². The van der Waals surface area contributed by atoms with E-state index in [1.54, 1.807) is 35.7 Å². The van der Waals surface area contributed by atoms with Crippen molar-refractivity contribution < 1.29 is 19.2 Å². The second kappa shape index (κ2) is 12.9. The molecule has 0 aromatic heterocycles. The van der Waals surface area contributed by atoms with Gasteiger partial charge < -0.3 is 0 Å². The minimum Gasteiger partial charge on any atom is -0.298 e. The molecule has 4 aliphatic rings. The monoisotopic (exact) mass is 595 g/mol. The minimum absolute atomic E-state index is 0.00599. The van der Waals surface area contributed by atoms with Crippen molar-refractivity contribution in [2.45, 2.75) is 59.8 Å². The number of hydrogen-bond acceptors (Lipinski definition) is 8. The molecule has 38 heavy (non-hydrogen) atoms. The van der Waals surface area contributed by atoms with Crippen LogP contribution >= 0.6 is 47.0 Å². The van der Waals surface area contributed by atoms with Crippen LogP contribution in [0.5, 0.6) is 0 Å². The molecule has 0 radical (unpaired) electrons. The van der Waals surface area contributed by atoms with Gasteiger partial charge in [0.25, 0.3) is 5.91 Å². The van der Waals surface area contributed by atoms with Crippen molar-refractivity contribution in [1.29, 1.82) is 0 Å². The zero-order chi connectivity index (χ0) is 27.5. The number of nitrogens with zero attached hydrogens (tertiary/aromatic N) is 1. The summed E-state index contributed by atoms with van der Waals surface area (Å²) in [6.07, 6.45) is 7.77. The average molecular weight is 596 g/mol. The summed E-state index contributed by atoms with van der Waals surface area (Å²) in [5.74, 6) is 5.52. The molecule has 2 saturated heterocycles. The molecule has 3 aliphatic heterocycles. The average Bonchev–Trinajstić information content (AvgIpc) is 3.51. The number of rotatable bonds is 13. The van der Waals surface area contributed by atoms with Crippen LogP contribution in [0.4, 0.5) is 0 Å². The van der Waals surface area contributed by atoms with E-state index in [0.717, 1.165) is 70.0 Å². The van der Waals surface area contributed by atoms with Crippen LogP contribution in [0.15, 0.2) is 22.0 Å². The molecule has 5 nitrogen and oxygen atoms in total. The Morgan fingerprint density at radius 2 is 1.39 bits per heavy atom. The first kappa shape index (κ1) is 30.3. The van der Waals surface area contributed by atoms with Crippen LogP contribution in [0.25, 0.3) is 0 Å². The third-order valence-electron chi connectivity index (χ3n) is 8.01. The molecular weight excluding hydrogens is 555 g/mol. The first-order valence-electron chi connectivity index (χ1n) is 13.7. The third-order valence-corrected chi connectivity index (χ3v) is 12.6. The number of carbonyl (C=O) groups excluding carboxylic acids is 4. The maximum atomic E-state index is 12.9. The van der Waals surface area contributed by atoms with Gasteiger partial charge in [-0.2, -0.15) is 23.5 Å². The molecule has 3 atom stereocenters. The number of amides is 2. The zero-order valence-corrected chi connectivity index (χ0v) is 26.4. The van der Waals surface area contributed by atoms with E-state index in [1.165, 1.54) is 4.90 Å². The number of thioether (sulfide) groups is 4. The molecule has 9 heteroatoms. The van der Waals surface area contributed by atoms with E-state index < -0.39 is 5.92 Å². The summed E-state index contributed by atoms with van der Waals surface area (Å²) in [7, 11) is 0. The van der Waals surface area contributed by atoms with Crippen LogP contribution in [-0.4, -0.2) is 69.3 Å². The van der Waals surface area contributed by atoms with Crippen LogP contribution in [0.2, 0.25) is 0 Å². The first-order valence-corrected chi connectivity index (χ1v) is 18.0. The van der Waals surface area contributed by atoms with Crippen molar-refractivity contribution in [1.82, 2.24) is 4.90 Å². The molecule has 0 aromatic carbocycles. The molecule has 0 bridgehead atoms. The van der Waals surface area contributed by atoms with Crippen molar-refractivity contribution in [3.63, 3.8) is 0 Å². The van der Waals surface area contributed by atoms with Gasteiger partial charge in [-0.15, -0.1) is 23.5 Å². The van der Waals surface area contributed by atoms with Crippen molar-refractivity contribution >= 4 is 70.4 Å². The normalized spacial score (nSPS) is 26.0. The zero-order valence-electron chi connectivity index (χ0n) is 23.1. The van der Waals surface area contributed by atoms with E-state index in [1.807, 2.05) is 23.5 Å². The molecule has 1 aliphatic carbocycles. The molecule has 2 fully saturated rings. The van der Waals surface area contributed by atoms with Crippen molar-refractivity contribution in [2.75, 3.05) is 41.1 Å². The van der Waals surface area contributed by atoms with Crippen molar-refractivity contribution in [3.8, 4) is 0 Å². The minimum atomic E-state index is -0.452. The molecule has 4 rings (SSSR count). The predicted molar refractivity (Wildman–Crippen MR) is 164 cm³/mol. The second-order valence-electron chi connectivity index (χ2n) is 12.4. The van der Waals surface area contributed by atoms with Crippen LogP contribution in [0.3, 0.4) is 0 Å². The van der Waals surface area contributed by atoms with E-state index in [4.69, 9.17) is 0 Å². The van der Waals surface area contributed by atoms with Gasteiger partial charge in [0.2, 0.25) is 5.91 Å². The summed E-state index contributed by atoms with van der Waals surface area (Å²) in [4.78, 5) is 54.3. The van der Waals surface area contributed by atoms with Gasteiger partial charge in [0.15, 0.2) is 11.6 Å². The van der Waals surface area contributed by atoms with Crippen LogP contribution in [-0.2, 0) is 19.2 Å². The summed E-state index contributed by atoms with van der Waals surface area (Å²) >= 11 is 7.20. The summed E-state index contributed by atoms with van der Waals surface area (Å²) < 4.78 is 0. The fraction of sp³-hybridized carbons (Fsp3) is 0.724. The molecule has 0 N–H and O–H groups in total. The lowest BCUT2D eigenvalue weighted by molar-refractivity contribution is -0.147. The highest BCUT2D eigenvalue weighted by Gasteiger charge is 2.43. The molecule has 2 amide bonds. The summed E-state index contributed by atoms with van der Waals surface area (Å²) in [5.41, 5.74) is -0.137. The largest absolute Gasteiger partial charge is 0.298 e. The lowest BCUT2D eigenvalue weighted by Gasteiger charge is -2.34. The highest BCUT2D eigenvalue weighted by atomic mass is 32.2. The molecule has 0 spiro atoms. The van der Waals surface area contributed by atoms with E-state index in [9.17, 15) is 19.2 Å². The number of carbonyl (C=O) groups is 4. The number of allylic oxidation sites excluding steroid dienone is 2. The third kappa shape index (κ3) is 7.55. The van der Waals surface area contributed by atoms with Gasteiger partial charge >= 0.3 is 0 Å². The second-order valence-corrected chi connectivity index (χ2v) is 17.1. The molecule has 210 valence electrons. The number of fused-ring (bicyclic) bond motifs is 2. The van der Waals surface area contributed by atoms with Gasteiger partial charge in [0, 0.05) is 29.0 Å². The van der Waals surface area contributed by atoms with Gasteiger partial charge in [0.1, 0.15) is 0 Å². The number of ketones is 2. The SMILES string of the molecule is CC(C)(CCSCCSCCC(C)(C)CN1C(=O)C=C2SCCC2C1=O)CC1C(=O)C=C2SCCC2C1=O.